The Balaban J connectivity index is 2.05. The number of hydrogen-bond donors (Lipinski definition) is 4. The van der Waals surface area contributed by atoms with Gasteiger partial charge in [0.25, 0.3) is 0 Å². The minimum absolute atomic E-state index is 0.0109. The zero-order valence-electron chi connectivity index (χ0n) is 10.3. The molecule has 0 aromatic heterocycles. The fraction of sp³-hybridized carbons (Fsp3) is 0.333. The summed E-state index contributed by atoms with van der Waals surface area (Å²) in [7, 11) is 0. The van der Waals surface area contributed by atoms with Gasteiger partial charge in [0.1, 0.15) is 0 Å². The fourth-order valence-electron chi connectivity index (χ4n) is 1.90. The highest BCUT2D eigenvalue weighted by Gasteiger charge is 2.32. The van der Waals surface area contributed by atoms with Gasteiger partial charge in [-0.05, 0) is 18.2 Å². The number of carboxylic acids is 1. The van der Waals surface area contributed by atoms with Crippen molar-refractivity contribution in [3.8, 4) is 0 Å². The van der Waals surface area contributed by atoms with Crippen molar-refractivity contribution in [3.63, 3.8) is 0 Å². The first kappa shape index (κ1) is 14.6. The number of β-amino-alcohol motifs (C(OH)–C–C–N with tert-alkyl or cyclic N) is 2. The Morgan fingerprint density at radius 1 is 1.25 bits per heavy atom. The van der Waals surface area contributed by atoms with Crippen molar-refractivity contribution in [3.05, 3.63) is 28.8 Å². The Morgan fingerprint density at radius 2 is 1.85 bits per heavy atom. The smallest absolute Gasteiger partial charge is 0.337 e. The number of anilines is 1. The van der Waals surface area contributed by atoms with E-state index >= 15 is 0 Å². The Bertz CT molecular complexity index is 541. The summed E-state index contributed by atoms with van der Waals surface area (Å²) in [6.45, 7) is 0.0713. The van der Waals surface area contributed by atoms with Gasteiger partial charge >= 0.3 is 12.0 Å². The molecule has 2 atom stereocenters. The van der Waals surface area contributed by atoms with E-state index < -0.39 is 24.2 Å². The number of urea groups is 1. The molecule has 7 nitrogen and oxygen atoms in total. The summed E-state index contributed by atoms with van der Waals surface area (Å²) in [5.41, 5.74) is 0.276. The number of likely N-dealkylation sites (tertiary alicyclic amines) is 1. The van der Waals surface area contributed by atoms with Crippen molar-refractivity contribution in [1.82, 2.24) is 4.90 Å². The number of hydrogen-bond acceptors (Lipinski definition) is 4. The quantitative estimate of drug-likeness (QED) is 0.639. The molecule has 4 N–H and O–H groups in total. The number of carboxylic acid groups (broad SMARTS) is 1. The van der Waals surface area contributed by atoms with Crippen LogP contribution in [0.15, 0.2) is 18.2 Å². The van der Waals surface area contributed by atoms with E-state index in [9.17, 15) is 19.8 Å². The standard InChI is InChI=1S/C12H13ClN2O5/c13-8-3-6(1-2-7(8)11(18)19)14-12(20)15-4-9(16)10(17)5-15/h1-3,9-10,16-17H,4-5H2,(H,14,20)(H,18,19). The molecule has 1 aliphatic rings. The Morgan fingerprint density at radius 3 is 2.35 bits per heavy atom. The molecule has 1 aromatic carbocycles. The van der Waals surface area contributed by atoms with E-state index in [2.05, 4.69) is 5.32 Å². The van der Waals surface area contributed by atoms with Gasteiger partial charge in [0.2, 0.25) is 0 Å². The van der Waals surface area contributed by atoms with Crippen LogP contribution in [0.4, 0.5) is 10.5 Å². The molecule has 0 radical (unpaired) electrons. The number of nitrogens with zero attached hydrogens (tertiary/aromatic N) is 1. The number of aliphatic hydroxyl groups excluding tert-OH is 2. The van der Waals surface area contributed by atoms with Crippen molar-refractivity contribution < 1.29 is 24.9 Å². The van der Waals surface area contributed by atoms with Crippen molar-refractivity contribution in [1.29, 1.82) is 0 Å². The second-order valence-electron chi connectivity index (χ2n) is 4.47. The summed E-state index contributed by atoms with van der Waals surface area (Å²) in [5, 5.41) is 30.1. The lowest BCUT2D eigenvalue weighted by molar-refractivity contribution is 0.0572. The molecule has 0 bridgehead atoms. The summed E-state index contributed by atoms with van der Waals surface area (Å²) in [6, 6.07) is 3.52. The molecule has 2 amide bonds. The van der Waals surface area contributed by atoms with E-state index in [0.29, 0.717) is 5.69 Å². The van der Waals surface area contributed by atoms with Crippen LogP contribution in [-0.2, 0) is 0 Å². The number of halogens is 1. The fourth-order valence-corrected chi connectivity index (χ4v) is 2.17. The number of nitrogens with one attached hydrogen (secondary N) is 1. The van der Waals surface area contributed by atoms with Gasteiger partial charge in [0, 0.05) is 5.69 Å². The maximum atomic E-state index is 11.9. The number of rotatable bonds is 2. The highest BCUT2D eigenvalue weighted by Crippen LogP contribution is 2.21. The van der Waals surface area contributed by atoms with Crippen LogP contribution in [0.5, 0.6) is 0 Å². The molecular formula is C12H13ClN2O5. The maximum absolute atomic E-state index is 11.9. The lowest BCUT2D eigenvalue weighted by Gasteiger charge is -2.16. The van der Waals surface area contributed by atoms with Crippen LogP contribution in [-0.4, -0.2) is 57.5 Å². The third-order valence-corrected chi connectivity index (χ3v) is 3.31. The lowest BCUT2D eigenvalue weighted by Crippen LogP contribution is -2.33. The number of aromatic carboxylic acids is 1. The summed E-state index contributed by atoms with van der Waals surface area (Å²) < 4.78 is 0. The molecule has 2 rings (SSSR count). The van der Waals surface area contributed by atoms with Crippen LogP contribution in [0.25, 0.3) is 0 Å². The van der Waals surface area contributed by atoms with Crippen molar-refractivity contribution in [2.24, 2.45) is 0 Å². The number of carbonyl (C=O) groups excluding carboxylic acids is 1. The lowest BCUT2D eigenvalue weighted by atomic mass is 10.2. The number of benzene rings is 1. The molecule has 8 heteroatoms. The molecule has 0 aliphatic carbocycles. The average molecular weight is 301 g/mol. The van der Waals surface area contributed by atoms with Gasteiger partial charge in [-0.3, -0.25) is 0 Å². The summed E-state index contributed by atoms with van der Waals surface area (Å²) in [4.78, 5) is 23.9. The van der Waals surface area contributed by atoms with Gasteiger partial charge in [0.15, 0.2) is 0 Å². The molecule has 1 aromatic rings. The summed E-state index contributed by atoms with van der Waals surface area (Å²) in [5.74, 6) is -1.15. The van der Waals surface area contributed by atoms with Gasteiger partial charge in [-0.1, -0.05) is 11.6 Å². The van der Waals surface area contributed by atoms with Crippen LogP contribution >= 0.6 is 11.6 Å². The van der Waals surface area contributed by atoms with E-state index in [1.807, 2.05) is 0 Å². The van der Waals surface area contributed by atoms with Gasteiger partial charge < -0.3 is 25.5 Å². The van der Waals surface area contributed by atoms with Crippen LogP contribution in [0.2, 0.25) is 5.02 Å². The van der Waals surface area contributed by atoms with Crippen molar-refractivity contribution >= 4 is 29.3 Å². The zero-order valence-corrected chi connectivity index (χ0v) is 11.0. The average Bonchev–Trinajstić information content (AvgIpc) is 2.69. The molecule has 1 heterocycles. The minimum atomic E-state index is -1.15. The number of carbonyl (C=O) groups is 2. The van der Waals surface area contributed by atoms with Crippen molar-refractivity contribution in [2.75, 3.05) is 18.4 Å². The van der Waals surface area contributed by atoms with E-state index in [1.165, 1.54) is 23.1 Å². The predicted octanol–water partition coefficient (Wildman–Crippen LogP) is 0.607. The van der Waals surface area contributed by atoms with E-state index in [1.54, 1.807) is 0 Å². The Kier molecular flexibility index (Phi) is 4.12. The molecule has 0 spiro atoms. The van der Waals surface area contributed by atoms with Gasteiger partial charge in [-0.15, -0.1) is 0 Å². The molecule has 1 aliphatic heterocycles. The summed E-state index contributed by atoms with van der Waals surface area (Å²) >= 11 is 5.79. The van der Waals surface area contributed by atoms with Crippen LogP contribution in [0.3, 0.4) is 0 Å². The first-order chi connectivity index (χ1) is 9.38. The molecule has 20 heavy (non-hydrogen) atoms. The highest BCUT2D eigenvalue weighted by atomic mass is 35.5. The molecule has 2 unspecified atom stereocenters. The van der Waals surface area contributed by atoms with Crippen molar-refractivity contribution in [2.45, 2.75) is 12.2 Å². The summed E-state index contributed by atoms with van der Waals surface area (Å²) in [6.07, 6.45) is -1.92. The number of aliphatic hydroxyl groups is 2. The van der Waals surface area contributed by atoms with E-state index in [4.69, 9.17) is 16.7 Å². The molecule has 1 saturated heterocycles. The third-order valence-electron chi connectivity index (χ3n) is 3.00. The number of amides is 2. The SMILES string of the molecule is O=C(O)c1ccc(NC(=O)N2CC(O)C(O)C2)cc1Cl. The van der Waals surface area contributed by atoms with Gasteiger partial charge in [-0.25, -0.2) is 9.59 Å². The van der Waals surface area contributed by atoms with E-state index in [0.717, 1.165) is 0 Å². The Hall–Kier alpha value is -1.83. The largest absolute Gasteiger partial charge is 0.478 e. The van der Waals surface area contributed by atoms with Gasteiger partial charge in [0.05, 0.1) is 35.9 Å². The monoisotopic (exact) mass is 300 g/mol. The second-order valence-corrected chi connectivity index (χ2v) is 4.88. The van der Waals surface area contributed by atoms with Crippen LogP contribution < -0.4 is 5.32 Å². The minimum Gasteiger partial charge on any atom is -0.478 e. The third kappa shape index (κ3) is 3.01. The maximum Gasteiger partial charge on any atom is 0.337 e. The first-order valence-corrected chi connectivity index (χ1v) is 6.21. The predicted molar refractivity (Wildman–Crippen MR) is 71.0 cm³/mol. The van der Waals surface area contributed by atoms with Crippen LogP contribution in [0, 0.1) is 0 Å². The highest BCUT2D eigenvalue weighted by molar-refractivity contribution is 6.33. The molecule has 108 valence electrons. The second kappa shape index (κ2) is 5.66. The zero-order chi connectivity index (χ0) is 14.9. The topological polar surface area (TPSA) is 110 Å². The van der Waals surface area contributed by atoms with Crippen LogP contribution in [0.1, 0.15) is 10.4 Å². The molecule has 1 fully saturated rings. The van der Waals surface area contributed by atoms with Gasteiger partial charge in [-0.2, -0.15) is 0 Å². The molecule has 0 saturated carbocycles. The first-order valence-electron chi connectivity index (χ1n) is 5.83. The Labute approximate surface area is 119 Å². The normalized spacial score (nSPS) is 21.9. The van der Waals surface area contributed by atoms with E-state index in [-0.39, 0.29) is 23.7 Å². The molecular weight excluding hydrogens is 288 g/mol.